The Labute approximate surface area is 196 Å². The van der Waals surface area contributed by atoms with Gasteiger partial charge in [0.1, 0.15) is 5.82 Å². The van der Waals surface area contributed by atoms with Crippen molar-refractivity contribution >= 4 is 34.1 Å². The van der Waals surface area contributed by atoms with Gasteiger partial charge in [-0.1, -0.05) is 73.3 Å². The molecule has 0 saturated carbocycles. The molecule has 0 unspecified atom stereocenters. The van der Waals surface area contributed by atoms with Crippen molar-refractivity contribution in [3.8, 4) is 11.3 Å². The Hall–Kier alpha value is -2.97. The van der Waals surface area contributed by atoms with Crippen molar-refractivity contribution in [3.05, 3.63) is 76.9 Å². The Morgan fingerprint density at radius 1 is 1.03 bits per heavy atom. The zero-order valence-electron chi connectivity index (χ0n) is 18.1. The van der Waals surface area contributed by atoms with Crippen molar-refractivity contribution in [2.45, 2.75) is 38.4 Å². The molecule has 2 heterocycles. The Kier molecular flexibility index (Phi) is 7.34. The maximum atomic E-state index is 12.5. The number of thioether (sulfide) groups is 1. The van der Waals surface area contributed by atoms with E-state index in [2.05, 4.69) is 75.3 Å². The van der Waals surface area contributed by atoms with Crippen molar-refractivity contribution in [1.29, 1.82) is 0 Å². The normalized spacial score (nSPS) is 10.9. The van der Waals surface area contributed by atoms with Crippen LogP contribution >= 0.6 is 23.1 Å². The number of nitrogens with zero attached hydrogens (tertiary/aromatic N) is 4. The van der Waals surface area contributed by atoms with Gasteiger partial charge in [-0.25, -0.2) is 4.98 Å². The predicted molar refractivity (Wildman–Crippen MR) is 131 cm³/mol. The molecule has 8 heteroatoms. The van der Waals surface area contributed by atoms with Gasteiger partial charge in [-0.05, 0) is 24.5 Å². The van der Waals surface area contributed by atoms with E-state index in [0.717, 1.165) is 41.6 Å². The minimum Gasteiger partial charge on any atom is -0.306 e. The van der Waals surface area contributed by atoms with Crippen LogP contribution in [0.25, 0.3) is 11.3 Å². The molecular weight excluding hydrogens is 438 g/mol. The molecule has 0 spiro atoms. The van der Waals surface area contributed by atoms with E-state index in [1.807, 2.05) is 23.6 Å². The molecule has 4 rings (SSSR count). The number of carbonyl (C=O) groups excluding carboxylic acids is 1. The zero-order valence-corrected chi connectivity index (χ0v) is 19.7. The number of thiazole rings is 1. The molecule has 4 aromatic rings. The second-order valence-corrected chi connectivity index (χ2v) is 9.03. The number of nitrogens with one attached hydrogen (secondary N) is 1. The maximum absolute atomic E-state index is 12.5. The highest BCUT2D eigenvalue weighted by molar-refractivity contribution is 7.99. The van der Waals surface area contributed by atoms with Crippen molar-refractivity contribution in [2.75, 3.05) is 11.1 Å². The maximum Gasteiger partial charge on any atom is 0.236 e. The van der Waals surface area contributed by atoms with Crippen LogP contribution in [0, 0.1) is 0 Å². The summed E-state index contributed by atoms with van der Waals surface area (Å²) in [5.74, 6) is 1.05. The number of amides is 1. The minimum atomic E-state index is -0.104. The van der Waals surface area contributed by atoms with Crippen LogP contribution in [0.3, 0.4) is 0 Å². The van der Waals surface area contributed by atoms with Gasteiger partial charge in [-0.2, -0.15) is 0 Å². The van der Waals surface area contributed by atoms with E-state index in [1.54, 1.807) is 0 Å². The largest absolute Gasteiger partial charge is 0.306 e. The first-order valence-corrected chi connectivity index (χ1v) is 12.5. The van der Waals surface area contributed by atoms with E-state index < -0.39 is 0 Å². The summed E-state index contributed by atoms with van der Waals surface area (Å²) in [7, 11) is 0. The fourth-order valence-corrected chi connectivity index (χ4v) is 4.87. The van der Waals surface area contributed by atoms with Crippen LogP contribution in [0.15, 0.2) is 65.1 Å². The quantitative estimate of drug-likeness (QED) is 0.341. The molecule has 0 aliphatic carbocycles. The van der Waals surface area contributed by atoms with Crippen molar-refractivity contribution in [3.63, 3.8) is 0 Å². The van der Waals surface area contributed by atoms with E-state index in [4.69, 9.17) is 0 Å². The van der Waals surface area contributed by atoms with Gasteiger partial charge >= 0.3 is 0 Å². The molecule has 0 bridgehead atoms. The predicted octanol–water partition coefficient (Wildman–Crippen LogP) is 5.31. The molecule has 164 valence electrons. The number of hydrogen-bond acceptors (Lipinski definition) is 6. The summed E-state index contributed by atoms with van der Waals surface area (Å²) in [5, 5.41) is 14.9. The topological polar surface area (TPSA) is 72.7 Å². The number of rotatable bonds is 9. The summed E-state index contributed by atoms with van der Waals surface area (Å²) in [5.41, 5.74) is 4.40. The molecule has 2 aromatic heterocycles. The summed E-state index contributed by atoms with van der Waals surface area (Å²) in [6.07, 6.45) is 1.73. The van der Waals surface area contributed by atoms with Crippen molar-refractivity contribution in [2.24, 2.45) is 0 Å². The summed E-state index contributed by atoms with van der Waals surface area (Å²) in [6.45, 7) is 4.95. The van der Waals surface area contributed by atoms with Gasteiger partial charge in [-0.15, -0.1) is 21.5 Å². The van der Waals surface area contributed by atoms with E-state index in [1.165, 1.54) is 34.2 Å². The number of anilines is 1. The van der Waals surface area contributed by atoms with Crippen LogP contribution in [0.5, 0.6) is 0 Å². The summed E-state index contributed by atoms with van der Waals surface area (Å²) in [4.78, 5) is 17.0. The van der Waals surface area contributed by atoms with E-state index >= 15 is 0 Å². The number of aromatic nitrogens is 4. The van der Waals surface area contributed by atoms with Gasteiger partial charge in [0.05, 0.1) is 11.4 Å². The Balaban J connectivity index is 1.35. The lowest BCUT2D eigenvalue weighted by atomic mass is 10.1. The molecule has 1 N–H and O–H groups in total. The lowest BCUT2D eigenvalue weighted by Gasteiger charge is -2.07. The number of hydrogen-bond donors (Lipinski definition) is 1. The third kappa shape index (κ3) is 5.44. The standard InChI is InChI=1S/C24H25N5OS2/c1-3-17-10-12-19(13-11-17)20-15-31-23(25-20)26-22(30)16-32-24-28-27-21(29(24)4-2)14-18-8-6-5-7-9-18/h5-13,15H,3-4,14,16H2,1-2H3,(H,25,26,30). The van der Waals surface area contributed by atoms with Crippen molar-refractivity contribution in [1.82, 2.24) is 19.7 Å². The summed E-state index contributed by atoms with van der Waals surface area (Å²) in [6, 6.07) is 18.6. The zero-order chi connectivity index (χ0) is 22.3. The highest BCUT2D eigenvalue weighted by Gasteiger charge is 2.14. The molecule has 0 aliphatic rings. The monoisotopic (exact) mass is 463 g/mol. The summed E-state index contributed by atoms with van der Waals surface area (Å²) >= 11 is 2.82. The first-order chi connectivity index (χ1) is 15.7. The van der Waals surface area contributed by atoms with Crippen LogP contribution in [0.2, 0.25) is 0 Å². The van der Waals surface area contributed by atoms with E-state index in [0.29, 0.717) is 5.13 Å². The second kappa shape index (κ2) is 10.6. The van der Waals surface area contributed by atoms with Gasteiger partial charge in [0.25, 0.3) is 0 Å². The first-order valence-electron chi connectivity index (χ1n) is 10.6. The Bertz CT molecular complexity index is 1170. The fourth-order valence-electron chi connectivity index (χ4n) is 3.31. The van der Waals surface area contributed by atoms with Gasteiger partial charge in [0.2, 0.25) is 5.91 Å². The molecule has 6 nitrogen and oxygen atoms in total. The lowest BCUT2D eigenvalue weighted by molar-refractivity contribution is -0.113. The third-order valence-corrected chi connectivity index (χ3v) is 6.78. The third-order valence-electron chi connectivity index (χ3n) is 5.06. The van der Waals surface area contributed by atoms with Gasteiger partial charge < -0.3 is 9.88 Å². The smallest absolute Gasteiger partial charge is 0.236 e. The molecule has 0 atom stereocenters. The Morgan fingerprint density at radius 2 is 1.81 bits per heavy atom. The highest BCUT2D eigenvalue weighted by atomic mass is 32.2. The molecule has 0 radical (unpaired) electrons. The molecule has 0 aliphatic heterocycles. The van der Waals surface area contributed by atoms with E-state index in [-0.39, 0.29) is 11.7 Å². The Morgan fingerprint density at radius 3 is 2.53 bits per heavy atom. The van der Waals surface area contributed by atoms with Gasteiger partial charge in [0, 0.05) is 23.9 Å². The lowest BCUT2D eigenvalue weighted by Crippen LogP contribution is -2.14. The first kappa shape index (κ1) is 22.2. The molecule has 0 fully saturated rings. The average molecular weight is 464 g/mol. The van der Waals surface area contributed by atoms with Crippen LogP contribution in [0.1, 0.15) is 30.8 Å². The fraction of sp³-hybridized carbons (Fsp3) is 0.250. The number of benzene rings is 2. The molecule has 1 amide bonds. The highest BCUT2D eigenvalue weighted by Crippen LogP contribution is 2.26. The van der Waals surface area contributed by atoms with Crippen LogP contribution in [0.4, 0.5) is 5.13 Å². The van der Waals surface area contributed by atoms with Gasteiger partial charge in [0.15, 0.2) is 10.3 Å². The molecular formula is C24H25N5OS2. The molecule has 0 saturated heterocycles. The van der Waals surface area contributed by atoms with Crippen LogP contribution in [-0.2, 0) is 24.2 Å². The minimum absolute atomic E-state index is 0.104. The van der Waals surface area contributed by atoms with Crippen LogP contribution in [-0.4, -0.2) is 31.4 Å². The molecule has 32 heavy (non-hydrogen) atoms. The van der Waals surface area contributed by atoms with Crippen LogP contribution < -0.4 is 5.32 Å². The van der Waals surface area contributed by atoms with Gasteiger partial charge in [-0.3, -0.25) is 4.79 Å². The van der Waals surface area contributed by atoms with E-state index in [9.17, 15) is 4.79 Å². The summed E-state index contributed by atoms with van der Waals surface area (Å²) < 4.78 is 2.06. The average Bonchev–Trinajstić information content (AvgIpc) is 3.45. The number of carbonyl (C=O) groups is 1. The van der Waals surface area contributed by atoms with Crippen molar-refractivity contribution < 1.29 is 4.79 Å². The second-order valence-electron chi connectivity index (χ2n) is 7.23. The molecule has 2 aromatic carbocycles. The number of aryl methyl sites for hydroxylation is 1. The SMILES string of the molecule is CCc1ccc(-c2csc(NC(=O)CSc3nnc(Cc4ccccc4)n3CC)n2)cc1.